The van der Waals surface area contributed by atoms with E-state index in [1.807, 2.05) is 35.7 Å². The fourth-order valence-corrected chi connectivity index (χ4v) is 3.79. The maximum absolute atomic E-state index is 5.97. The molecule has 3 N–H and O–H groups in total. The number of aromatic nitrogens is 1. The monoisotopic (exact) mass is 340 g/mol. The summed E-state index contributed by atoms with van der Waals surface area (Å²) in [5, 5.41) is 7.31. The molecule has 0 spiro atoms. The highest BCUT2D eigenvalue weighted by molar-refractivity contribution is 7.09. The molecule has 3 aromatic rings. The number of para-hydroxylation sites is 1. The molecule has 1 aromatic carbocycles. The molecule has 0 amide bonds. The first kappa shape index (κ1) is 15.2. The van der Waals surface area contributed by atoms with Gasteiger partial charge in [0.05, 0.1) is 6.54 Å². The van der Waals surface area contributed by atoms with E-state index in [2.05, 4.69) is 15.3 Å². The lowest BCUT2D eigenvalue weighted by molar-refractivity contribution is 0.625. The Bertz CT molecular complexity index is 828. The van der Waals surface area contributed by atoms with Gasteiger partial charge >= 0.3 is 0 Å². The third kappa shape index (κ3) is 3.28. The number of nitrogens with zero attached hydrogens (tertiary/aromatic N) is 2. The molecule has 24 heavy (non-hydrogen) atoms. The number of nitrogens with one attached hydrogen (secondary N) is 1. The summed E-state index contributed by atoms with van der Waals surface area (Å²) >= 11 is 1.58. The summed E-state index contributed by atoms with van der Waals surface area (Å²) in [4.78, 5) is 9.02. The zero-order valence-electron chi connectivity index (χ0n) is 13.4. The third-order valence-corrected chi connectivity index (χ3v) is 5.16. The van der Waals surface area contributed by atoms with Crippen molar-refractivity contribution < 1.29 is 4.42 Å². The number of hydrogen-bond acceptors (Lipinski definition) is 4. The van der Waals surface area contributed by atoms with Crippen LogP contribution in [0.3, 0.4) is 0 Å². The molecule has 124 valence electrons. The van der Waals surface area contributed by atoms with E-state index in [9.17, 15) is 0 Å². The number of rotatable bonds is 4. The van der Waals surface area contributed by atoms with E-state index in [1.165, 1.54) is 25.7 Å². The molecule has 0 radical (unpaired) electrons. The van der Waals surface area contributed by atoms with Crippen molar-refractivity contribution in [2.75, 3.05) is 0 Å². The van der Waals surface area contributed by atoms with Crippen molar-refractivity contribution in [1.29, 1.82) is 0 Å². The number of benzene rings is 1. The summed E-state index contributed by atoms with van der Waals surface area (Å²) in [6.45, 7) is 0.496. The average Bonchev–Trinajstić information content (AvgIpc) is 3.32. The van der Waals surface area contributed by atoms with Crippen molar-refractivity contribution in [1.82, 2.24) is 10.3 Å². The van der Waals surface area contributed by atoms with Crippen LogP contribution in [-0.4, -0.2) is 17.0 Å². The van der Waals surface area contributed by atoms with Crippen LogP contribution in [0.1, 0.15) is 30.7 Å². The van der Waals surface area contributed by atoms with Gasteiger partial charge in [-0.05, 0) is 25.0 Å². The van der Waals surface area contributed by atoms with E-state index in [1.54, 1.807) is 11.3 Å². The molecule has 0 unspecified atom stereocenters. The fourth-order valence-electron chi connectivity index (χ4n) is 3.08. The number of aliphatic imine (C=N–C) groups is 1. The van der Waals surface area contributed by atoms with Crippen LogP contribution in [0.15, 0.2) is 45.1 Å². The van der Waals surface area contributed by atoms with Crippen molar-refractivity contribution >= 4 is 28.3 Å². The minimum Gasteiger partial charge on any atom is -0.454 e. The molecule has 5 nitrogen and oxygen atoms in total. The number of nitrogens with two attached hydrogens (primary N) is 1. The lowest BCUT2D eigenvalue weighted by Crippen LogP contribution is -2.38. The van der Waals surface area contributed by atoms with Crippen molar-refractivity contribution in [3.8, 4) is 11.5 Å². The summed E-state index contributed by atoms with van der Waals surface area (Å²) < 4.78 is 5.85. The molecule has 6 heteroatoms. The maximum atomic E-state index is 5.97. The van der Waals surface area contributed by atoms with Gasteiger partial charge < -0.3 is 15.5 Å². The predicted molar refractivity (Wildman–Crippen MR) is 98.0 cm³/mol. The van der Waals surface area contributed by atoms with Gasteiger partial charge in [-0.15, -0.1) is 11.3 Å². The third-order valence-electron chi connectivity index (χ3n) is 4.32. The molecular formula is C18H20N4OS. The minimum atomic E-state index is 0.483. The van der Waals surface area contributed by atoms with Gasteiger partial charge in [0.2, 0.25) is 0 Å². The Balaban J connectivity index is 1.44. The summed E-state index contributed by atoms with van der Waals surface area (Å²) in [7, 11) is 0. The van der Waals surface area contributed by atoms with Gasteiger partial charge in [0.25, 0.3) is 0 Å². The van der Waals surface area contributed by atoms with Gasteiger partial charge in [-0.25, -0.2) is 9.98 Å². The van der Waals surface area contributed by atoms with Gasteiger partial charge in [0, 0.05) is 16.8 Å². The number of fused-ring (bicyclic) bond motifs is 1. The Hall–Kier alpha value is -2.34. The largest absolute Gasteiger partial charge is 0.454 e. The SMILES string of the molecule is NC(=NCc1nc(-c2cc3ccccc3o2)cs1)NC1CCCC1. The molecule has 2 heterocycles. The fraction of sp³-hybridized carbons (Fsp3) is 0.333. The van der Waals surface area contributed by atoms with Crippen LogP contribution in [0.25, 0.3) is 22.4 Å². The van der Waals surface area contributed by atoms with E-state index >= 15 is 0 Å². The highest BCUT2D eigenvalue weighted by Gasteiger charge is 2.15. The molecular weight excluding hydrogens is 320 g/mol. The van der Waals surface area contributed by atoms with Gasteiger partial charge in [-0.2, -0.15) is 0 Å². The second-order valence-corrected chi connectivity index (χ2v) is 7.04. The smallest absolute Gasteiger partial charge is 0.189 e. The predicted octanol–water partition coefficient (Wildman–Crippen LogP) is 3.90. The second kappa shape index (κ2) is 6.65. The Labute approximate surface area is 144 Å². The Kier molecular flexibility index (Phi) is 4.21. The van der Waals surface area contributed by atoms with Crippen LogP contribution in [0, 0.1) is 0 Å². The van der Waals surface area contributed by atoms with Crippen LogP contribution >= 0.6 is 11.3 Å². The van der Waals surface area contributed by atoms with Crippen LogP contribution in [0.4, 0.5) is 0 Å². The zero-order valence-corrected chi connectivity index (χ0v) is 14.2. The quantitative estimate of drug-likeness (QED) is 0.558. The van der Waals surface area contributed by atoms with Gasteiger partial charge in [0.1, 0.15) is 16.3 Å². The van der Waals surface area contributed by atoms with Crippen LogP contribution < -0.4 is 11.1 Å². The van der Waals surface area contributed by atoms with E-state index < -0.39 is 0 Å². The Morgan fingerprint density at radius 1 is 1.33 bits per heavy atom. The second-order valence-electron chi connectivity index (χ2n) is 6.10. The molecule has 0 aliphatic heterocycles. The molecule has 4 rings (SSSR count). The first-order valence-electron chi connectivity index (χ1n) is 8.28. The van der Waals surface area contributed by atoms with E-state index in [-0.39, 0.29) is 0 Å². The summed E-state index contributed by atoms with van der Waals surface area (Å²) in [5.74, 6) is 1.31. The minimum absolute atomic E-state index is 0.483. The van der Waals surface area contributed by atoms with E-state index in [0.717, 1.165) is 27.4 Å². The molecule has 1 saturated carbocycles. The normalized spacial score (nSPS) is 16.1. The topological polar surface area (TPSA) is 76.4 Å². The lowest BCUT2D eigenvalue weighted by atomic mass is 10.2. The average molecular weight is 340 g/mol. The van der Waals surface area contributed by atoms with E-state index in [0.29, 0.717) is 18.5 Å². The Morgan fingerprint density at radius 3 is 3.00 bits per heavy atom. The van der Waals surface area contributed by atoms with Crippen molar-refractivity contribution in [2.45, 2.75) is 38.3 Å². The summed E-state index contributed by atoms with van der Waals surface area (Å²) in [6, 6.07) is 10.5. The molecule has 1 fully saturated rings. The van der Waals surface area contributed by atoms with Crippen LogP contribution in [0.5, 0.6) is 0 Å². The molecule has 0 atom stereocenters. The number of thiazole rings is 1. The summed E-state index contributed by atoms with van der Waals surface area (Å²) in [6.07, 6.45) is 4.92. The van der Waals surface area contributed by atoms with Crippen LogP contribution in [0.2, 0.25) is 0 Å². The van der Waals surface area contributed by atoms with Crippen molar-refractivity contribution in [2.24, 2.45) is 10.7 Å². The standard InChI is InChI=1S/C18H20N4OS/c19-18(21-13-6-2-3-7-13)20-10-17-22-14(11-24-17)16-9-12-5-1-4-8-15(12)23-16/h1,4-5,8-9,11,13H,2-3,6-7,10H2,(H3,19,20,21). The number of furan rings is 1. The summed E-state index contributed by atoms with van der Waals surface area (Å²) in [5.41, 5.74) is 7.70. The van der Waals surface area contributed by atoms with Gasteiger partial charge in [-0.3, -0.25) is 0 Å². The molecule has 1 aliphatic rings. The lowest BCUT2D eigenvalue weighted by Gasteiger charge is -2.11. The van der Waals surface area contributed by atoms with Crippen molar-refractivity contribution in [3.63, 3.8) is 0 Å². The first-order chi connectivity index (χ1) is 11.8. The van der Waals surface area contributed by atoms with Gasteiger partial charge in [-0.1, -0.05) is 31.0 Å². The number of guanidine groups is 1. The molecule has 0 bridgehead atoms. The van der Waals surface area contributed by atoms with Crippen molar-refractivity contribution in [3.05, 3.63) is 40.7 Å². The molecule has 1 aliphatic carbocycles. The first-order valence-corrected chi connectivity index (χ1v) is 9.16. The maximum Gasteiger partial charge on any atom is 0.189 e. The van der Waals surface area contributed by atoms with Gasteiger partial charge in [0.15, 0.2) is 11.7 Å². The molecule has 0 saturated heterocycles. The van der Waals surface area contributed by atoms with E-state index in [4.69, 9.17) is 10.2 Å². The molecule has 2 aromatic heterocycles. The zero-order chi connectivity index (χ0) is 16.4. The Morgan fingerprint density at radius 2 is 2.17 bits per heavy atom. The highest BCUT2D eigenvalue weighted by atomic mass is 32.1. The number of hydrogen-bond donors (Lipinski definition) is 2. The highest BCUT2D eigenvalue weighted by Crippen LogP contribution is 2.28. The van der Waals surface area contributed by atoms with Crippen LogP contribution in [-0.2, 0) is 6.54 Å².